The number of thioether (sulfide) groups is 1. The molecule has 2 aromatic heterocycles. The predicted octanol–water partition coefficient (Wildman–Crippen LogP) is 7.67. The number of carbonyl (C=O) groups excluding carboxylic acids is 2. The first-order chi connectivity index (χ1) is 22.0. The van der Waals surface area contributed by atoms with Crippen LogP contribution in [0.25, 0.3) is 11.3 Å². The van der Waals surface area contributed by atoms with Gasteiger partial charge in [-0.05, 0) is 79.0 Å². The molecule has 3 heterocycles. The molecule has 1 aromatic carbocycles. The van der Waals surface area contributed by atoms with E-state index in [1.165, 1.54) is 35.2 Å². The lowest BCUT2D eigenvalue weighted by molar-refractivity contribution is -0.688. The number of fused-ring (bicyclic) bond motifs is 3. The number of ketones is 1. The minimum atomic E-state index is -0.267. The first-order valence-corrected chi connectivity index (χ1v) is 18.6. The van der Waals surface area contributed by atoms with Crippen LogP contribution in [0.15, 0.2) is 58.5 Å². The number of aromatic nitrogens is 2. The van der Waals surface area contributed by atoms with Crippen molar-refractivity contribution in [3.8, 4) is 11.3 Å². The summed E-state index contributed by atoms with van der Waals surface area (Å²) >= 11 is 2.95. The quantitative estimate of drug-likeness (QED) is 0.107. The molecule has 8 rings (SSSR count). The highest BCUT2D eigenvalue weighted by molar-refractivity contribution is 8.01. The summed E-state index contributed by atoms with van der Waals surface area (Å²) in [5.74, 6) is 0.833. The topological polar surface area (TPSA) is 72.7 Å². The first-order valence-electron chi connectivity index (χ1n) is 16.8. The standard InChI is InChI=1S/C37H44FN2O4S2/c1-5-37-19-28(18-35(4)14-15-36(24(3)33(37)44-37)13-10-30(41)32(36)23(35)2)43-31(42)22-46-34-39-29(21-45-34)26-11-16-40(17-12-26)20-25-6-8-27(38)9-7-25/h6-9,11-12,16-17,21,23-24,28,32-33H,5,10,13-15,18-20,22H2,1-4H3/q+1/t23-,24+,28+,32-,33+,35?,36-,37+/m1/s1. The summed E-state index contributed by atoms with van der Waals surface area (Å²) in [7, 11) is 0. The van der Waals surface area contributed by atoms with E-state index in [2.05, 4.69) is 27.7 Å². The molecule has 2 bridgehead atoms. The molecular formula is C37H44FN2O4S2+. The van der Waals surface area contributed by atoms with E-state index in [1.54, 1.807) is 12.1 Å². The van der Waals surface area contributed by atoms with E-state index < -0.39 is 0 Å². The van der Waals surface area contributed by atoms with Gasteiger partial charge in [0.05, 0.1) is 23.2 Å². The summed E-state index contributed by atoms with van der Waals surface area (Å²) in [4.78, 5) is 31.5. The van der Waals surface area contributed by atoms with Crippen LogP contribution >= 0.6 is 23.1 Å². The Bertz CT molecular complexity index is 1610. The molecule has 5 aliphatic rings. The fourth-order valence-corrected chi connectivity index (χ4v) is 10.9. The molecule has 1 unspecified atom stereocenters. The van der Waals surface area contributed by atoms with Crippen molar-refractivity contribution in [2.75, 3.05) is 5.75 Å². The number of carbonyl (C=O) groups is 2. The molecule has 3 aromatic rings. The fraction of sp³-hybridized carbons (Fsp3) is 0.568. The molecule has 244 valence electrons. The Labute approximate surface area is 279 Å². The van der Waals surface area contributed by atoms with Crippen molar-refractivity contribution in [3.05, 3.63) is 65.6 Å². The van der Waals surface area contributed by atoms with E-state index in [4.69, 9.17) is 14.5 Å². The molecule has 4 aliphatic carbocycles. The predicted molar refractivity (Wildman–Crippen MR) is 177 cm³/mol. The smallest absolute Gasteiger partial charge is 0.316 e. The lowest BCUT2D eigenvalue weighted by Gasteiger charge is -2.55. The molecule has 8 atom stereocenters. The molecule has 6 nitrogen and oxygen atoms in total. The summed E-state index contributed by atoms with van der Waals surface area (Å²) in [6, 6.07) is 10.6. The van der Waals surface area contributed by atoms with Gasteiger partial charge in [-0.2, -0.15) is 0 Å². The zero-order chi connectivity index (χ0) is 32.3. The number of ether oxygens (including phenoxy) is 2. The highest BCUT2D eigenvalue weighted by Gasteiger charge is 2.68. The van der Waals surface area contributed by atoms with E-state index in [9.17, 15) is 14.0 Å². The van der Waals surface area contributed by atoms with Crippen molar-refractivity contribution >= 4 is 34.9 Å². The number of thiazole rings is 1. The van der Waals surface area contributed by atoms with Crippen molar-refractivity contribution in [1.82, 2.24) is 4.98 Å². The average Bonchev–Trinajstić information content (AvgIpc) is 3.35. The Morgan fingerprint density at radius 2 is 1.87 bits per heavy atom. The van der Waals surface area contributed by atoms with Crippen LogP contribution in [-0.4, -0.2) is 40.3 Å². The van der Waals surface area contributed by atoms with E-state index in [1.807, 2.05) is 34.5 Å². The van der Waals surface area contributed by atoms with Gasteiger partial charge in [-0.3, -0.25) is 9.59 Å². The van der Waals surface area contributed by atoms with Gasteiger partial charge in [-0.1, -0.05) is 39.5 Å². The molecule has 46 heavy (non-hydrogen) atoms. The van der Waals surface area contributed by atoms with Crippen LogP contribution < -0.4 is 4.57 Å². The van der Waals surface area contributed by atoms with Crippen LogP contribution in [0.5, 0.6) is 0 Å². The second-order valence-electron chi connectivity index (χ2n) is 14.6. The number of hydrogen-bond donors (Lipinski definition) is 0. The summed E-state index contributed by atoms with van der Waals surface area (Å²) in [5.41, 5.74) is 2.63. The van der Waals surface area contributed by atoms with Gasteiger partial charge in [0.15, 0.2) is 23.3 Å². The Balaban J connectivity index is 0.998. The molecule has 1 saturated heterocycles. The Kier molecular flexibility index (Phi) is 8.42. The summed E-state index contributed by atoms with van der Waals surface area (Å²) in [5, 5.41) is 2.01. The Hall–Kier alpha value is -2.62. The summed E-state index contributed by atoms with van der Waals surface area (Å²) in [6.45, 7) is 9.77. The summed E-state index contributed by atoms with van der Waals surface area (Å²) < 4.78 is 28.9. The van der Waals surface area contributed by atoms with Crippen molar-refractivity contribution in [2.24, 2.45) is 28.6 Å². The molecule has 4 saturated carbocycles. The monoisotopic (exact) mass is 663 g/mol. The number of benzene rings is 1. The van der Waals surface area contributed by atoms with Crippen LogP contribution in [-0.2, 0) is 25.6 Å². The van der Waals surface area contributed by atoms with Gasteiger partial charge in [-0.25, -0.2) is 13.9 Å². The number of nitrogens with zero attached hydrogens (tertiary/aromatic N) is 2. The lowest BCUT2D eigenvalue weighted by atomic mass is 9.48. The number of pyridine rings is 1. The second-order valence-corrected chi connectivity index (χ2v) is 16.6. The number of epoxide rings is 1. The largest absolute Gasteiger partial charge is 0.462 e. The lowest BCUT2D eigenvalue weighted by Crippen LogP contribution is -2.53. The summed E-state index contributed by atoms with van der Waals surface area (Å²) in [6.07, 6.45) is 10.1. The molecule has 0 N–H and O–H groups in total. The van der Waals surface area contributed by atoms with Crippen LogP contribution in [0.1, 0.15) is 78.2 Å². The van der Waals surface area contributed by atoms with Gasteiger partial charge in [0.2, 0.25) is 0 Å². The molecule has 0 amide bonds. The average molecular weight is 664 g/mol. The van der Waals surface area contributed by atoms with Crippen LogP contribution in [0.3, 0.4) is 0 Å². The van der Waals surface area contributed by atoms with Gasteiger partial charge in [0.1, 0.15) is 17.7 Å². The van der Waals surface area contributed by atoms with Gasteiger partial charge in [0.25, 0.3) is 0 Å². The SMILES string of the molecule is CC[C@]12C[C@@H](OC(=O)CSc3nc(-c4cc[n+](Cc5ccc(F)cc5)cc4)cs3)CC3(C)CC[C@]4(CCC(=O)[C@H]4[C@H]3C)[C@@H](C)[C@@H]1O2. The van der Waals surface area contributed by atoms with Crippen LogP contribution in [0, 0.1) is 34.4 Å². The van der Waals surface area contributed by atoms with E-state index in [-0.39, 0.29) is 58.0 Å². The molecule has 9 heteroatoms. The molecule has 1 spiro atoms. The highest BCUT2D eigenvalue weighted by Crippen LogP contribution is 2.67. The molecular weight excluding hydrogens is 620 g/mol. The zero-order valence-electron chi connectivity index (χ0n) is 27.2. The molecule has 5 fully saturated rings. The number of Topliss-reactive ketones (excluding diaryl/α,β-unsaturated/α-hetero) is 1. The highest BCUT2D eigenvalue weighted by atomic mass is 32.2. The fourth-order valence-electron chi connectivity index (χ4n) is 9.28. The van der Waals surface area contributed by atoms with Gasteiger partial charge >= 0.3 is 5.97 Å². The van der Waals surface area contributed by atoms with Gasteiger partial charge in [-0.15, -0.1) is 11.3 Å². The maximum Gasteiger partial charge on any atom is 0.316 e. The number of esters is 1. The maximum atomic E-state index is 13.3. The third-order valence-corrected chi connectivity index (χ3v) is 14.2. The van der Waals surface area contributed by atoms with Crippen LogP contribution in [0.2, 0.25) is 0 Å². The minimum Gasteiger partial charge on any atom is -0.462 e. The maximum absolute atomic E-state index is 13.3. The zero-order valence-corrected chi connectivity index (χ0v) is 28.8. The minimum absolute atomic E-state index is 0.0508. The number of hydrogen-bond acceptors (Lipinski definition) is 7. The van der Waals surface area contributed by atoms with E-state index in [0.717, 1.165) is 59.7 Å². The first kappa shape index (κ1) is 32.0. The van der Waals surface area contributed by atoms with Gasteiger partial charge in [0, 0.05) is 47.4 Å². The van der Waals surface area contributed by atoms with Crippen molar-refractivity contribution in [3.63, 3.8) is 0 Å². The van der Waals surface area contributed by atoms with Crippen molar-refractivity contribution < 1.29 is 28.0 Å². The van der Waals surface area contributed by atoms with Crippen molar-refractivity contribution in [2.45, 2.75) is 101 Å². The third-order valence-electron chi connectivity index (χ3n) is 12.2. The third kappa shape index (κ3) is 5.74. The van der Waals surface area contributed by atoms with E-state index >= 15 is 0 Å². The number of halogens is 1. The second kappa shape index (κ2) is 12.1. The normalized spacial score (nSPS) is 35.0. The Morgan fingerprint density at radius 1 is 1.11 bits per heavy atom. The number of rotatable bonds is 8. The van der Waals surface area contributed by atoms with Gasteiger partial charge < -0.3 is 9.47 Å². The van der Waals surface area contributed by atoms with Crippen LogP contribution in [0.4, 0.5) is 4.39 Å². The Morgan fingerprint density at radius 3 is 2.61 bits per heavy atom. The van der Waals surface area contributed by atoms with Crippen molar-refractivity contribution in [1.29, 1.82) is 0 Å². The molecule has 0 radical (unpaired) electrons. The van der Waals surface area contributed by atoms with E-state index in [0.29, 0.717) is 24.7 Å². The molecule has 1 aliphatic heterocycles.